The fourth-order valence-corrected chi connectivity index (χ4v) is 8.86. The van der Waals surface area contributed by atoms with Crippen LogP contribution in [0.5, 0.6) is 0 Å². The van der Waals surface area contributed by atoms with E-state index in [1.165, 1.54) is 0 Å². The van der Waals surface area contributed by atoms with Crippen LogP contribution in [0.3, 0.4) is 0 Å². The first-order valence-electron chi connectivity index (χ1n) is 12.0. The number of aliphatic hydroxyl groups is 2. The SMILES string of the molecule is CCCC(=O)O[C@@H]1[C@H](O)C2C(C)(C)CCC[C@]2(C)C2CC[C@H]3C(=O)OC4O[C@@H](O)[C@]21[C@H]43. The molecule has 5 fully saturated rings. The molecule has 7 heteroatoms. The van der Waals surface area contributed by atoms with Gasteiger partial charge in [0.25, 0.3) is 0 Å². The van der Waals surface area contributed by atoms with Crippen LogP contribution in [0.25, 0.3) is 0 Å². The molecular weight excluding hydrogens is 400 g/mol. The molecular formula is C24H36O7. The molecule has 0 aromatic heterocycles. The molecule has 0 bridgehead atoms. The Kier molecular flexibility index (Phi) is 4.83. The molecule has 3 aliphatic carbocycles. The van der Waals surface area contributed by atoms with E-state index in [2.05, 4.69) is 20.8 Å². The van der Waals surface area contributed by atoms with E-state index in [-0.39, 0.29) is 41.0 Å². The van der Waals surface area contributed by atoms with Crippen molar-refractivity contribution in [3.8, 4) is 0 Å². The smallest absolute Gasteiger partial charge is 0.311 e. The van der Waals surface area contributed by atoms with Crippen molar-refractivity contribution in [1.29, 1.82) is 0 Å². The van der Waals surface area contributed by atoms with E-state index < -0.39 is 42.0 Å². The number of esters is 2. The third-order valence-electron chi connectivity index (χ3n) is 9.64. The van der Waals surface area contributed by atoms with E-state index in [9.17, 15) is 19.8 Å². The van der Waals surface area contributed by atoms with E-state index in [1.54, 1.807) is 0 Å². The summed E-state index contributed by atoms with van der Waals surface area (Å²) in [5.74, 6) is -1.60. The zero-order valence-corrected chi connectivity index (χ0v) is 19.0. The average Bonchev–Trinajstić information content (AvgIpc) is 3.14. The predicted molar refractivity (Wildman–Crippen MR) is 109 cm³/mol. The third kappa shape index (κ3) is 2.63. The van der Waals surface area contributed by atoms with Gasteiger partial charge in [-0.1, -0.05) is 34.1 Å². The van der Waals surface area contributed by atoms with Gasteiger partial charge in [0.15, 0.2) is 6.29 Å². The van der Waals surface area contributed by atoms with Gasteiger partial charge in [-0.3, -0.25) is 9.59 Å². The van der Waals surface area contributed by atoms with Crippen molar-refractivity contribution in [2.24, 2.45) is 39.9 Å². The molecule has 174 valence electrons. The first-order valence-corrected chi connectivity index (χ1v) is 12.0. The van der Waals surface area contributed by atoms with Gasteiger partial charge in [-0.05, 0) is 54.8 Å². The summed E-state index contributed by atoms with van der Waals surface area (Å²) in [4.78, 5) is 25.3. The second-order valence-electron chi connectivity index (χ2n) is 11.5. The molecule has 1 spiro atoms. The molecule has 2 heterocycles. The maximum atomic E-state index is 12.7. The lowest BCUT2D eigenvalue weighted by atomic mass is 9.37. The molecule has 0 aromatic rings. The van der Waals surface area contributed by atoms with Crippen molar-refractivity contribution in [3.05, 3.63) is 0 Å². The van der Waals surface area contributed by atoms with Crippen LogP contribution in [0, 0.1) is 39.9 Å². The van der Waals surface area contributed by atoms with Gasteiger partial charge in [0.05, 0.1) is 17.4 Å². The quantitative estimate of drug-likeness (QED) is 0.656. The summed E-state index contributed by atoms with van der Waals surface area (Å²) < 4.78 is 17.4. The van der Waals surface area contributed by atoms with Crippen LogP contribution in [0.4, 0.5) is 0 Å². The van der Waals surface area contributed by atoms with E-state index in [0.29, 0.717) is 12.8 Å². The minimum absolute atomic E-state index is 0.0387. The Morgan fingerprint density at radius 2 is 1.94 bits per heavy atom. The molecule has 2 aliphatic heterocycles. The van der Waals surface area contributed by atoms with E-state index >= 15 is 0 Å². The average molecular weight is 437 g/mol. The van der Waals surface area contributed by atoms with Crippen LogP contribution in [0.1, 0.15) is 72.6 Å². The summed E-state index contributed by atoms with van der Waals surface area (Å²) in [5.41, 5.74) is -1.43. The molecule has 10 atom stereocenters. The van der Waals surface area contributed by atoms with Gasteiger partial charge in [0.2, 0.25) is 6.29 Å². The molecule has 7 nitrogen and oxygen atoms in total. The Labute approximate surface area is 183 Å². The van der Waals surface area contributed by atoms with Crippen molar-refractivity contribution in [3.63, 3.8) is 0 Å². The van der Waals surface area contributed by atoms with Gasteiger partial charge in [-0.15, -0.1) is 0 Å². The van der Waals surface area contributed by atoms with Crippen LogP contribution in [0.2, 0.25) is 0 Å². The third-order valence-corrected chi connectivity index (χ3v) is 9.64. The highest BCUT2D eigenvalue weighted by atomic mass is 16.8. The Morgan fingerprint density at radius 3 is 2.65 bits per heavy atom. The zero-order valence-electron chi connectivity index (χ0n) is 19.0. The topological polar surface area (TPSA) is 102 Å². The van der Waals surface area contributed by atoms with Gasteiger partial charge in [0.1, 0.15) is 6.10 Å². The molecule has 5 rings (SSSR count). The zero-order chi connectivity index (χ0) is 22.3. The van der Waals surface area contributed by atoms with Crippen LogP contribution >= 0.6 is 0 Å². The number of hydrogen-bond acceptors (Lipinski definition) is 7. The number of rotatable bonds is 3. The van der Waals surface area contributed by atoms with Crippen molar-refractivity contribution in [1.82, 2.24) is 0 Å². The highest BCUT2D eigenvalue weighted by molar-refractivity contribution is 5.76. The highest BCUT2D eigenvalue weighted by Crippen LogP contribution is 2.73. The number of hydrogen-bond donors (Lipinski definition) is 2. The molecule has 0 amide bonds. The molecule has 2 saturated heterocycles. The molecule has 0 radical (unpaired) electrons. The summed E-state index contributed by atoms with van der Waals surface area (Å²) in [5, 5.41) is 23.2. The highest BCUT2D eigenvalue weighted by Gasteiger charge is 2.80. The molecule has 3 saturated carbocycles. The fourth-order valence-electron chi connectivity index (χ4n) is 8.86. The lowest BCUT2D eigenvalue weighted by molar-refractivity contribution is -0.308. The second-order valence-corrected chi connectivity index (χ2v) is 11.5. The largest absolute Gasteiger partial charge is 0.459 e. The van der Waals surface area contributed by atoms with E-state index in [0.717, 1.165) is 25.7 Å². The number of ether oxygens (including phenoxy) is 3. The standard InChI is InChI=1S/C24H36O7/c1-5-7-14(25)29-18-16(26)17-22(2,3)10-6-11-23(17,4)13-9-8-12-15-20(30-19(12)27)31-21(28)24(13,15)18/h12-13,15-18,20-21,26,28H,5-11H2,1-4H3/t12-,13?,15+,16-,17?,18-,20?,21-,23-,24+/m1/s1. The van der Waals surface area contributed by atoms with Crippen LogP contribution < -0.4 is 0 Å². The summed E-state index contributed by atoms with van der Waals surface area (Å²) in [6.45, 7) is 8.53. The van der Waals surface area contributed by atoms with Crippen molar-refractivity contribution in [2.45, 2.75) is 97.4 Å². The molecule has 2 N–H and O–H groups in total. The van der Waals surface area contributed by atoms with Gasteiger partial charge in [0, 0.05) is 12.3 Å². The number of carbonyl (C=O) groups is 2. The summed E-state index contributed by atoms with van der Waals surface area (Å²) in [7, 11) is 0. The second kappa shape index (κ2) is 6.91. The molecule has 5 aliphatic rings. The summed E-state index contributed by atoms with van der Waals surface area (Å²) in [6.07, 6.45) is 1.31. The van der Waals surface area contributed by atoms with Gasteiger partial charge >= 0.3 is 11.9 Å². The molecule has 0 aromatic carbocycles. The van der Waals surface area contributed by atoms with Crippen molar-refractivity contribution < 1.29 is 34.0 Å². The monoisotopic (exact) mass is 436 g/mol. The number of aliphatic hydroxyl groups excluding tert-OH is 2. The summed E-state index contributed by atoms with van der Waals surface area (Å²) >= 11 is 0. The predicted octanol–water partition coefficient (Wildman–Crippen LogP) is 2.77. The van der Waals surface area contributed by atoms with Crippen LogP contribution in [-0.4, -0.2) is 46.9 Å². The van der Waals surface area contributed by atoms with Gasteiger partial charge < -0.3 is 24.4 Å². The first kappa shape index (κ1) is 21.7. The van der Waals surface area contributed by atoms with E-state index in [4.69, 9.17) is 14.2 Å². The molecule has 31 heavy (non-hydrogen) atoms. The van der Waals surface area contributed by atoms with Gasteiger partial charge in [-0.2, -0.15) is 0 Å². The minimum Gasteiger partial charge on any atom is -0.459 e. The Morgan fingerprint density at radius 1 is 1.19 bits per heavy atom. The first-order chi connectivity index (χ1) is 14.6. The minimum atomic E-state index is -1.25. The molecule has 3 unspecified atom stereocenters. The van der Waals surface area contributed by atoms with Crippen molar-refractivity contribution >= 4 is 11.9 Å². The summed E-state index contributed by atoms with van der Waals surface area (Å²) in [6, 6.07) is 0. The van der Waals surface area contributed by atoms with Crippen LogP contribution in [0.15, 0.2) is 0 Å². The Bertz CT molecular complexity index is 780. The number of carbonyl (C=O) groups excluding carboxylic acids is 2. The maximum absolute atomic E-state index is 12.7. The lowest BCUT2D eigenvalue weighted by Crippen LogP contribution is -2.73. The maximum Gasteiger partial charge on any atom is 0.311 e. The fraction of sp³-hybridized carbons (Fsp3) is 0.917. The van der Waals surface area contributed by atoms with Crippen LogP contribution in [-0.2, 0) is 23.8 Å². The van der Waals surface area contributed by atoms with Crippen molar-refractivity contribution in [2.75, 3.05) is 0 Å². The van der Waals surface area contributed by atoms with E-state index in [1.807, 2.05) is 6.92 Å². The Balaban J connectivity index is 1.68. The normalized spacial score (nSPS) is 52.0. The number of fused-ring (bicyclic) bond motifs is 2. The lowest BCUT2D eigenvalue weighted by Gasteiger charge is -2.68. The Hall–Kier alpha value is -1.18. The van der Waals surface area contributed by atoms with Gasteiger partial charge in [-0.25, -0.2) is 0 Å².